The van der Waals surface area contributed by atoms with Crippen LogP contribution in [0.5, 0.6) is 0 Å². The quantitative estimate of drug-likeness (QED) is 0.517. The Kier molecular flexibility index (Phi) is 12.3. The summed E-state index contributed by atoms with van der Waals surface area (Å²) in [6.45, 7) is 8.22. The van der Waals surface area contributed by atoms with Crippen molar-refractivity contribution >= 4 is 23.3 Å². The molecule has 3 rings (SSSR count). The molecule has 0 saturated heterocycles. The van der Waals surface area contributed by atoms with E-state index in [2.05, 4.69) is 35.7 Å². The van der Waals surface area contributed by atoms with Crippen molar-refractivity contribution in [2.24, 2.45) is 0 Å². The number of nitrogens with zero attached hydrogens (tertiary/aromatic N) is 5. The van der Waals surface area contributed by atoms with Crippen molar-refractivity contribution in [2.75, 3.05) is 13.6 Å². The molecule has 0 atom stereocenters. The van der Waals surface area contributed by atoms with Gasteiger partial charge in [0, 0.05) is 43.3 Å². The van der Waals surface area contributed by atoms with Gasteiger partial charge in [0.05, 0.1) is 18.8 Å². The summed E-state index contributed by atoms with van der Waals surface area (Å²) in [7, 11) is 2.06. The molecule has 0 fully saturated rings. The lowest BCUT2D eigenvalue weighted by atomic mass is 10.3. The van der Waals surface area contributed by atoms with Gasteiger partial charge in [0.2, 0.25) is 0 Å². The number of aliphatic carboxylic acids is 2. The van der Waals surface area contributed by atoms with Crippen LogP contribution in [0, 0.1) is 0 Å². The molecule has 0 spiro atoms. The molecule has 0 amide bonds. The number of hydrogen-bond donors (Lipinski definition) is 2. The summed E-state index contributed by atoms with van der Waals surface area (Å²) in [5.41, 5.74) is 0.932. The Hall–Kier alpha value is -3.05. The minimum Gasteiger partial charge on any atom is -0.475 e. The van der Waals surface area contributed by atoms with Gasteiger partial charge in [0.25, 0.3) is 5.56 Å². The first-order valence-electron chi connectivity index (χ1n) is 10.9. The van der Waals surface area contributed by atoms with Gasteiger partial charge in [-0.2, -0.15) is 26.3 Å². The highest BCUT2D eigenvalue weighted by Crippen LogP contribution is 2.16. The van der Waals surface area contributed by atoms with Crippen LogP contribution in [0.4, 0.5) is 26.3 Å². The molecule has 2 aromatic heterocycles. The first kappa shape index (κ1) is 33.0. The first-order chi connectivity index (χ1) is 17.4. The average molecular weight is 576 g/mol. The van der Waals surface area contributed by atoms with E-state index in [4.69, 9.17) is 24.8 Å². The third-order valence-electron chi connectivity index (χ3n) is 4.98. The van der Waals surface area contributed by atoms with Crippen molar-refractivity contribution in [1.82, 2.24) is 24.3 Å². The number of carbonyl (C=O) groups is 2. The van der Waals surface area contributed by atoms with Crippen LogP contribution in [0.25, 0.3) is 0 Å². The van der Waals surface area contributed by atoms with Gasteiger partial charge in [0.1, 0.15) is 10.8 Å². The highest BCUT2D eigenvalue weighted by molar-refractivity contribution is 7.09. The van der Waals surface area contributed by atoms with Crippen LogP contribution in [0.15, 0.2) is 22.4 Å². The van der Waals surface area contributed by atoms with Crippen LogP contribution in [0.3, 0.4) is 0 Å². The molecular weight excluding hydrogens is 548 g/mol. The van der Waals surface area contributed by atoms with Crippen molar-refractivity contribution in [3.05, 3.63) is 44.5 Å². The van der Waals surface area contributed by atoms with E-state index in [0.29, 0.717) is 19.1 Å². The van der Waals surface area contributed by atoms with Gasteiger partial charge in [0.15, 0.2) is 0 Å². The van der Waals surface area contributed by atoms with E-state index in [1.807, 2.05) is 16.1 Å². The molecule has 1 aliphatic heterocycles. The first-order valence-corrected chi connectivity index (χ1v) is 11.8. The molecule has 214 valence electrons. The second-order valence-electron chi connectivity index (χ2n) is 8.26. The zero-order chi connectivity index (χ0) is 29.3. The minimum atomic E-state index is -5.08. The Balaban J connectivity index is 0.000000426. The predicted molar refractivity (Wildman–Crippen MR) is 123 cm³/mol. The van der Waals surface area contributed by atoms with Crippen LogP contribution in [-0.4, -0.2) is 78.5 Å². The molecule has 2 N–H and O–H groups in total. The zero-order valence-electron chi connectivity index (χ0n) is 20.6. The molecule has 1 aliphatic rings. The molecule has 2 aromatic rings. The second kappa shape index (κ2) is 14.2. The van der Waals surface area contributed by atoms with Crippen LogP contribution in [-0.2, 0) is 35.8 Å². The van der Waals surface area contributed by atoms with E-state index in [1.165, 1.54) is 0 Å². The zero-order valence-corrected chi connectivity index (χ0v) is 21.4. The minimum absolute atomic E-state index is 0.0725. The van der Waals surface area contributed by atoms with Crippen molar-refractivity contribution in [2.45, 2.75) is 64.8 Å². The summed E-state index contributed by atoms with van der Waals surface area (Å²) in [6.07, 6.45) is -7.36. The number of carboxylic acid groups (broad SMARTS) is 2. The molecule has 0 aliphatic carbocycles. The number of aromatic nitrogens is 3. The highest BCUT2D eigenvalue weighted by Gasteiger charge is 2.38. The molecule has 0 unspecified atom stereocenters. The van der Waals surface area contributed by atoms with Gasteiger partial charge < -0.3 is 10.2 Å². The summed E-state index contributed by atoms with van der Waals surface area (Å²) in [5.74, 6) is -4.64. The Morgan fingerprint density at radius 3 is 2.11 bits per heavy atom. The Morgan fingerprint density at radius 2 is 1.66 bits per heavy atom. The fourth-order valence-corrected chi connectivity index (χ4v) is 3.53. The van der Waals surface area contributed by atoms with E-state index in [-0.39, 0.29) is 5.56 Å². The van der Waals surface area contributed by atoms with Crippen molar-refractivity contribution in [3.8, 4) is 0 Å². The number of fused-ring (bicyclic) bond motifs is 1. The molecule has 0 bridgehead atoms. The SMILES string of the molecule is CC(C)N(C)Cc1cc(=O)n2c(n1)CN(Cc1nccs1)CCC2.O=C(O)C(F)(F)F.O=C(O)C(F)(F)F. The van der Waals surface area contributed by atoms with Crippen LogP contribution < -0.4 is 5.56 Å². The normalized spacial score (nSPS) is 14.1. The van der Waals surface area contributed by atoms with Crippen LogP contribution in [0.2, 0.25) is 0 Å². The summed E-state index contributed by atoms with van der Waals surface area (Å²) in [5, 5.41) is 17.4. The highest BCUT2D eigenvalue weighted by atomic mass is 32.1. The largest absolute Gasteiger partial charge is 0.490 e. The summed E-state index contributed by atoms with van der Waals surface area (Å²) in [6, 6.07) is 2.12. The van der Waals surface area contributed by atoms with E-state index >= 15 is 0 Å². The molecule has 0 radical (unpaired) electrons. The van der Waals surface area contributed by atoms with Gasteiger partial charge >= 0.3 is 24.3 Å². The third-order valence-corrected chi connectivity index (χ3v) is 5.75. The van der Waals surface area contributed by atoms with Gasteiger partial charge in [-0.05, 0) is 27.3 Å². The maximum absolute atomic E-state index is 12.5. The summed E-state index contributed by atoms with van der Waals surface area (Å²) in [4.78, 5) is 44.0. The number of thiazole rings is 1. The Morgan fingerprint density at radius 1 is 1.11 bits per heavy atom. The average Bonchev–Trinajstić information content (AvgIpc) is 3.19. The Bertz CT molecular complexity index is 1080. The number of alkyl halides is 6. The van der Waals surface area contributed by atoms with Gasteiger partial charge in [-0.25, -0.2) is 19.6 Å². The van der Waals surface area contributed by atoms with E-state index < -0.39 is 24.3 Å². The number of halogens is 6. The van der Waals surface area contributed by atoms with E-state index in [9.17, 15) is 31.1 Å². The molecule has 3 heterocycles. The predicted octanol–water partition coefficient (Wildman–Crippen LogP) is 3.21. The standard InChI is InChI=1S/C17H25N5OS.2C2HF3O2/c1-13(2)20(3)10-14-9-17(23)22-7-4-6-21(11-15(22)19-14)12-16-18-5-8-24-16;2*3-2(4,5)1(6)7/h5,8-9,13H,4,6-7,10-12H2,1-3H3;2*(H,6,7). The molecule has 0 aromatic carbocycles. The third kappa shape index (κ3) is 11.6. The smallest absolute Gasteiger partial charge is 0.475 e. The number of rotatable bonds is 5. The van der Waals surface area contributed by atoms with Crippen LogP contribution >= 0.6 is 11.3 Å². The van der Waals surface area contributed by atoms with Crippen molar-refractivity contribution < 1.29 is 46.1 Å². The topological polar surface area (TPSA) is 129 Å². The van der Waals surface area contributed by atoms with Gasteiger partial charge in [-0.15, -0.1) is 11.3 Å². The fourth-order valence-electron chi connectivity index (χ4n) is 2.87. The molecular formula is C21H27F6N5O5S. The number of hydrogen-bond acceptors (Lipinski definition) is 8. The second-order valence-corrected chi connectivity index (χ2v) is 9.24. The van der Waals surface area contributed by atoms with Crippen LogP contribution in [0.1, 0.15) is 36.8 Å². The summed E-state index contributed by atoms with van der Waals surface area (Å²) < 4.78 is 65.3. The van der Waals surface area contributed by atoms with Crippen molar-refractivity contribution in [3.63, 3.8) is 0 Å². The fraction of sp³-hybridized carbons (Fsp3) is 0.571. The maximum Gasteiger partial charge on any atom is 0.490 e. The lowest BCUT2D eigenvalue weighted by molar-refractivity contribution is -0.193. The lowest BCUT2D eigenvalue weighted by Crippen LogP contribution is -2.30. The number of carboxylic acids is 2. The molecule has 17 heteroatoms. The lowest BCUT2D eigenvalue weighted by Gasteiger charge is -2.22. The van der Waals surface area contributed by atoms with E-state index in [0.717, 1.165) is 42.6 Å². The Labute approximate surface area is 217 Å². The monoisotopic (exact) mass is 575 g/mol. The molecule has 38 heavy (non-hydrogen) atoms. The van der Waals surface area contributed by atoms with Gasteiger partial charge in [-0.1, -0.05) is 0 Å². The van der Waals surface area contributed by atoms with Gasteiger partial charge in [-0.3, -0.25) is 19.2 Å². The molecule has 10 nitrogen and oxygen atoms in total. The van der Waals surface area contributed by atoms with Crippen molar-refractivity contribution in [1.29, 1.82) is 0 Å². The van der Waals surface area contributed by atoms with E-state index in [1.54, 1.807) is 17.4 Å². The molecule has 0 saturated carbocycles. The maximum atomic E-state index is 12.5. The summed E-state index contributed by atoms with van der Waals surface area (Å²) >= 11 is 1.67.